The van der Waals surface area contributed by atoms with Gasteiger partial charge in [-0.15, -0.1) is 0 Å². The van der Waals surface area contributed by atoms with Crippen molar-refractivity contribution in [2.45, 2.75) is 52.1 Å². The Morgan fingerprint density at radius 3 is 2.32 bits per heavy atom. The van der Waals surface area contributed by atoms with Gasteiger partial charge in [-0.1, -0.05) is 44.2 Å². The van der Waals surface area contributed by atoms with Crippen molar-refractivity contribution in [2.24, 2.45) is 11.7 Å². The van der Waals surface area contributed by atoms with Crippen LogP contribution in [-0.2, 0) is 4.79 Å². The molecule has 0 spiro atoms. The average Bonchev–Trinajstić information content (AvgIpc) is 2.26. The van der Waals surface area contributed by atoms with E-state index in [1.165, 1.54) is 0 Å². The van der Waals surface area contributed by atoms with E-state index in [0.29, 0.717) is 12.3 Å². The van der Waals surface area contributed by atoms with Crippen molar-refractivity contribution in [1.82, 2.24) is 5.32 Å². The number of nitrogens with two attached hydrogens (primary N) is 1. The van der Waals surface area contributed by atoms with Crippen LogP contribution in [0.2, 0.25) is 0 Å². The number of hydrogen-bond donors (Lipinski definition) is 2. The number of carbonyl (C=O) groups excluding carboxylic acids is 1. The molecule has 3 heteroatoms. The third kappa shape index (κ3) is 6.39. The molecule has 0 saturated heterocycles. The van der Waals surface area contributed by atoms with Gasteiger partial charge in [0, 0.05) is 12.0 Å². The molecule has 0 bridgehead atoms. The van der Waals surface area contributed by atoms with Crippen molar-refractivity contribution in [3.63, 3.8) is 0 Å². The van der Waals surface area contributed by atoms with Crippen LogP contribution in [0, 0.1) is 5.92 Å². The molecular formula is C16H26N2O. The highest BCUT2D eigenvalue weighted by atomic mass is 16.1. The summed E-state index contributed by atoms with van der Waals surface area (Å²) in [6.07, 6.45) is 1.27. The molecule has 0 aliphatic rings. The van der Waals surface area contributed by atoms with Gasteiger partial charge in [-0.25, -0.2) is 0 Å². The minimum atomic E-state index is -0.469. The Balaban J connectivity index is 2.73. The van der Waals surface area contributed by atoms with E-state index in [-0.39, 0.29) is 11.9 Å². The lowest BCUT2D eigenvalue weighted by Gasteiger charge is -2.24. The van der Waals surface area contributed by atoms with Crippen LogP contribution in [0.5, 0.6) is 0 Å². The first-order valence-electron chi connectivity index (χ1n) is 6.91. The second-order valence-electron chi connectivity index (χ2n) is 6.33. The second-order valence-corrected chi connectivity index (χ2v) is 6.33. The summed E-state index contributed by atoms with van der Waals surface area (Å²) in [5.41, 5.74) is 6.57. The molecule has 19 heavy (non-hydrogen) atoms. The highest BCUT2D eigenvalue weighted by Gasteiger charge is 2.20. The van der Waals surface area contributed by atoms with E-state index in [2.05, 4.69) is 31.3 Å². The summed E-state index contributed by atoms with van der Waals surface area (Å²) in [6, 6.07) is 10.2. The summed E-state index contributed by atoms with van der Waals surface area (Å²) in [6.45, 7) is 8.06. The van der Waals surface area contributed by atoms with E-state index in [1.807, 2.05) is 32.0 Å². The summed E-state index contributed by atoms with van der Waals surface area (Å²) < 4.78 is 0. The SMILES string of the molecule is CC(C)CC(NC(=O)CC(C)(C)N)c1ccccc1. The van der Waals surface area contributed by atoms with Crippen LogP contribution in [0.25, 0.3) is 0 Å². The smallest absolute Gasteiger partial charge is 0.222 e. The highest BCUT2D eigenvalue weighted by Crippen LogP contribution is 2.21. The zero-order valence-electron chi connectivity index (χ0n) is 12.4. The predicted octanol–water partition coefficient (Wildman–Crippen LogP) is 3.02. The van der Waals surface area contributed by atoms with Crippen molar-refractivity contribution in [2.75, 3.05) is 0 Å². The van der Waals surface area contributed by atoms with Gasteiger partial charge in [0.2, 0.25) is 5.91 Å². The Labute approximate surface area is 116 Å². The molecule has 1 aromatic rings. The van der Waals surface area contributed by atoms with E-state index in [9.17, 15) is 4.79 Å². The first-order valence-corrected chi connectivity index (χ1v) is 6.91. The highest BCUT2D eigenvalue weighted by molar-refractivity contribution is 5.77. The quantitative estimate of drug-likeness (QED) is 0.828. The molecule has 0 fully saturated rings. The van der Waals surface area contributed by atoms with Crippen molar-refractivity contribution in [3.8, 4) is 0 Å². The third-order valence-corrected chi connectivity index (χ3v) is 2.86. The molecule has 0 radical (unpaired) electrons. The van der Waals surface area contributed by atoms with Crippen molar-refractivity contribution < 1.29 is 4.79 Å². The molecule has 0 aromatic heterocycles. The normalized spacial score (nSPS) is 13.4. The van der Waals surface area contributed by atoms with Crippen molar-refractivity contribution in [3.05, 3.63) is 35.9 Å². The molecule has 1 unspecified atom stereocenters. The van der Waals surface area contributed by atoms with E-state index in [4.69, 9.17) is 5.73 Å². The predicted molar refractivity (Wildman–Crippen MR) is 79.7 cm³/mol. The van der Waals surface area contributed by atoms with Crippen LogP contribution in [0.3, 0.4) is 0 Å². The summed E-state index contributed by atoms with van der Waals surface area (Å²) in [5.74, 6) is 0.540. The van der Waals surface area contributed by atoms with Gasteiger partial charge in [-0.2, -0.15) is 0 Å². The fourth-order valence-corrected chi connectivity index (χ4v) is 2.09. The molecular weight excluding hydrogens is 236 g/mol. The van der Waals surface area contributed by atoms with Gasteiger partial charge in [-0.05, 0) is 31.7 Å². The van der Waals surface area contributed by atoms with Gasteiger partial charge >= 0.3 is 0 Å². The monoisotopic (exact) mass is 262 g/mol. The first-order chi connectivity index (χ1) is 8.78. The van der Waals surface area contributed by atoms with Crippen molar-refractivity contribution in [1.29, 1.82) is 0 Å². The molecule has 1 amide bonds. The van der Waals surface area contributed by atoms with Gasteiger partial charge in [-0.3, -0.25) is 4.79 Å². The zero-order valence-corrected chi connectivity index (χ0v) is 12.4. The minimum Gasteiger partial charge on any atom is -0.349 e. The summed E-state index contributed by atoms with van der Waals surface area (Å²) in [5, 5.41) is 3.10. The maximum absolute atomic E-state index is 12.0. The van der Waals surface area contributed by atoms with E-state index in [0.717, 1.165) is 12.0 Å². The molecule has 1 rings (SSSR count). The number of benzene rings is 1. The number of amides is 1. The first kappa shape index (κ1) is 15.7. The number of nitrogens with one attached hydrogen (secondary N) is 1. The maximum atomic E-state index is 12.0. The van der Waals surface area contributed by atoms with E-state index in [1.54, 1.807) is 0 Å². The molecule has 0 aliphatic heterocycles. The molecule has 0 heterocycles. The lowest BCUT2D eigenvalue weighted by molar-refractivity contribution is -0.122. The largest absolute Gasteiger partial charge is 0.349 e. The van der Waals surface area contributed by atoms with E-state index < -0.39 is 5.54 Å². The summed E-state index contributed by atoms with van der Waals surface area (Å²) >= 11 is 0. The Kier molecular flexibility index (Phi) is 5.55. The van der Waals surface area contributed by atoms with Crippen LogP contribution in [0.1, 0.15) is 52.1 Å². The Morgan fingerprint density at radius 2 is 1.84 bits per heavy atom. The van der Waals surface area contributed by atoms with Gasteiger partial charge in [0.25, 0.3) is 0 Å². The van der Waals surface area contributed by atoms with Crippen LogP contribution in [-0.4, -0.2) is 11.4 Å². The Bertz CT molecular complexity index is 393. The fourth-order valence-electron chi connectivity index (χ4n) is 2.09. The zero-order chi connectivity index (χ0) is 14.5. The summed E-state index contributed by atoms with van der Waals surface area (Å²) in [4.78, 5) is 12.0. The number of hydrogen-bond acceptors (Lipinski definition) is 2. The fraction of sp³-hybridized carbons (Fsp3) is 0.562. The molecule has 0 aliphatic carbocycles. The summed E-state index contributed by atoms with van der Waals surface area (Å²) in [7, 11) is 0. The third-order valence-electron chi connectivity index (χ3n) is 2.86. The van der Waals surface area contributed by atoms with Gasteiger partial charge in [0.1, 0.15) is 0 Å². The van der Waals surface area contributed by atoms with Gasteiger partial charge in [0.15, 0.2) is 0 Å². The van der Waals surface area contributed by atoms with Crippen LogP contribution >= 0.6 is 0 Å². The second kappa shape index (κ2) is 6.71. The lowest BCUT2D eigenvalue weighted by atomic mass is 9.96. The molecule has 3 nitrogen and oxygen atoms in total. The number of carbonyl (C=O) groups is 1. The lowest BCUT2D eigenvalue weighted by Crippen LogP contribution is -2.40. The van der Waals surface area contributed by atoms with Gasteiger partial charge < -0.3 is 11.1 Å². The topological polar surface area (TPSA) is 55.1 Å². The van der Waals surface area contributed by atoms with Crippen molar-refractivity contribution >= 4 is 5.91 Å². The molecule has 3 N–H and O–H groups in total. The minimum absolute atomic E-state index is 0.0157. The molecule has 1 aromatic carbocycles. The maximum Gasteiger partial charge on any atom is 0.222 e. The van der Waals surface area contributed by atoms with Crippen LogP contribution < -0.4 is 11.1 Å². The Morgan fingerprint density at radius 1 is 1.26 bits per heavy atom. The van der Waals surface area contributed by atoms with Crippen LogP contribution in [0.4, 0.5) is 0 Å². The molecule has 0 saturated carbocycles. The molecule has 106 valence electrons. The van der Waals surface area contributed by atoms with Gasteiger partial charge in [0.05, 0.1) is 6.04 Å². The number of rotatable bonds is 6. The van der Waals surface area contributed by atoms with E-state index >= 15 is 0 Å². The Hall–Kier alpha value is -1.35. The molecule has 1 atom stereocenters. The standard InChI is InChI=1S/C16H26N2O/c1-12(2)10-14(13-8-6-5-7-9-13)18-15(19)11-16(3,4)17/h5-9,12,14H,10-11,17H2,1-4H3,(H,18,19). The van der Waals surface area contributed by atoms with Crippen LogP contribution in [0.15, 0.2) is 30.3 Å². The average molecular weight is 262 g/mol.